The third kappa shape index (κ3) is 1.78. The first-order valence-corrected chi connectivity index (χ1v) is 6.83. The minimum atomic E-state index is 0.318. The van der Waals surface area contributed by atoms with Gasteiger partial charge in [0.25, 0.3) is 0 Å². The van der Waals surface area contributed by atoms with Crippen molar-refractivity contribution >= 4 is 0 Å². The Morgan fingerprint density at radius 1 is 1.06 bits per heavy atom. The Morgan fingerprint density at radius 2 is 1.83 bits per heavy atom. The van der Waals surface area contributed by atoms with Crippen LogP contribution in [-0.2, 0) is 6.42 Å². The average Bonchev–Trinajstić information content (AvgIpc) is 2.71. The molecule has 0 saturated heterocycles. The van der Waals surface area contributed by atoms with Gasteiger partial charge in [0.2, 0.25) is 0 Å². The molecule has 0 saturated carbocycles. The van der Waals surface area contributed by atoms with Crippen molar-refractivity contribution in [3.63, 3.8) is 0 Å². The Morgan fingerprint density at radius 3 is 2.61 bits per heavy atom. The largest absolute Gasteiger partial charge is 0.320 e. The van der Waals surface area contributed by atoms with Crippen molar-refractivity contribution in [2.45, 2.75) is 39.5 Å². The summed E-state index contributed by atoms with van der Waals surface area (Å²) in [5.41, 5.74) is 4.62. The van der Waals surface area contributed by atoms with Crippen LogP contribution < -0.4 is 0 Å². The van der Waals surface area contributed by atoms with Crippen molar-refractivity contribution in [2.75, 3.05) is 0 Å². The predicted octanol–water partition coefficient (Wildman–Crippen LogP) is 4.55. The van der Waals surface area contributed by atoms with Crippen LogP contribution in [0.2, 0.25) is 0 Å². The molecule has 0 radical (unpaired) electrons. The monoisotopic (exact) mass is 239 g/mol. The molecule has 2 heterocycles. The Bertz CT molecular complexity index is 557. The fourth-order valence-corrected chi connectivity index (χ4v) is 3.18. The normalized spacial score (nSPS) is 18.9. The van der Waals surface area contributed by atoms with Crippen molar-refractivity contribution in [1.29, 1.82) is 0 Å². The molecule has 1 unspecified atom stereocenters. The number of nitrogens with zero attached hydrogens (tertiary/aromatic N) is 1. The van der Waals surface area contributed by atoms with E-state index in [0.29, 0.717) is 11.3 Å². The zero-order valence-electron chi connectivity index (χ0n) is 11.5. The standard InChI is InChI=1S/C17H21N/c1-17(2,3)14-11-10-13-7-4-5-8-15(13)18-12-6-9-16(14)18/h4-9,12,14H,10-11H2,1-3H3. The van der Waals surface area contributed by atoms with Crippen LogP contribution in [0, 0.1) is 5.41 Å². The average molecular weight is 239 g/mol. The molecule has 1 aliphatic heterocycles. The highest BCUT2D eigenvalue weighted by Gasteiger charge is 2.30. The lowest BCUT2D eigenvalue weighted by molar-refractivity contribution is 0.300. The molecule has 18 heavy (non-hydrogen) atoms. The highest BCUT2D eigenvalue weighted by atomic mass is 15.0. The number of para-hydroxylation sites is 1. The van der Waals surface area contributed by atoms with Gasteiger partial charge in [-0.1, -0.05) is 39.0 Å². The number of fused-ring (bicyclic) bond motifs is 3. The van der Waals surface area contributed by atoms with E-state index >= 15 is 0 Å². The first-order chi connectivity index (χ1) is 8.57. The van der Waals surface area contributed by atoms with E-state index in [0.717, 1.165) is 0 Å². The molecule has 1 atom stereocenters. The Kier molecular flexibility index (Phi) is 2.58. The summed E-state index contributed by atoms with van der Waals surface area (Å²) in [5.74, 6) is 0.625. The molecule has 0 amide bonds. The number of aromatic nitrogens is 1. The van der Waals surface area contributed by atoms with E-state index in [4.69, 9.17) is 0 Å². The highest BCUT2D eigenvalue weighted by molar-refractivity contribution is 5.45. The number of benzene rings is 1. The van der Waals surface area contributed by atoms with Gasteiger partial charge in [-0.25, -0.2) is 0 Å². The second-order valence-corrected chi connectivity index (χ2v) is 6.39. The first-order valence-electron chi connectivity index (χ1n) is 6.83. The summed E-state index contributed by atoms with van der Waals surface area (Å²) < 4.78 is 2.39. The van der Waals surface area contributed by atoms with E-state index in [1.165, 1.54) is 29.8 Å². The Balaban J connectivity index is 2.18. The maximum absolute atomic E-state index is 2.39. The van der Waals surface area contributed by atoms with Crippen LogP contribution >= 0.6 is 0 Å². The molecule has 3 rings (SSSR count). The quantitative estimate of drug-likeness (QED) is 0.635. The second-order valence-electron chi connectivity index (χ2n) is 6.39. The molecule has 0 spiro atoms. The molecular formula is C17H21N. The predicted molar refractivity (Wildman–Crippen MR) is 76.3 cm³/mol. The maximum Gasteiger partial charge on any atom is 0.0484 e. The van der Waals surface area contributed by atoms with Gasteiger partial charge in [0.1, 0.15) is 0 Å². The number of hydrogen-bond donors (Lipinski definition) is 0. The third-order valence-corrected chi connectivity index (χ3v) is 4.14. The summed E-state index contributed by atoms with van der Waals surface area (Å²) in [6.07, 6.45) is 4.63. The van der Waals surface area contributed by atoms with E-state index in [9.17, 15) is 0 Å². The molecule has 0 fully saturated rings. The SMILES string of the molecule is CC(C)(C)C1CCc2ccccc2-n2cccc21. The summed E-state index contributed by atoms with van der Waals surface area (Å²) in [4.78, 5) is 0. The molecule has 1 heteroatoms. The van der Waals surface area contributed by atoms with Crippen LogP contribution in [-0.4, -0.2) is 4.57 Å². The van der Waals surface area contributed by atoms with E-state index in [1.807, 2.05) is 0 Å². The Labute approximate surface area is 109 Å². The molecule has 94 valence electrons. The van der Waals surface area contributed by atoms with Gasteiger partial charge in [-0.3, -0.25) is 0 Å². The summed E-state index contributed by atoms with van der Waals surface area (Å²) in [5, 5.41) is 0. The molecule has 1 aromatic heterocycles. The van der Waals surface area contributed by atoms with Crippen molar-refractivity contribution < 1.29 is 0 Å². The number of rotatable bonds is 0. The number of hydrogen-bond acceptors (Lipinski definition) is 0. The fraction of sp³-hybridized carbons (Fsp3) is 0.412. The maximum atomic E-state index is 2.39. The Hall–Kier alpha value is -1.50. The van der Waals surface area contributed by atoms with Gasteiger partial charge in [-0.15, -0.1) is 0 Å². The van der Waals surface area contributed by atoms with Crippen molar-refractivity contribution in [3.05, 3.63) is 53.9 Å². The highest BCUT2D eigenvalue weighted by Crippen LogP contribution is 2.42. The minimum absolute atomic E-state index is 0.318. The van der Waals surface area contributed by atoms with Gasteiger partial charge in [-0.2, -0.15) is 0 Å². The minimum Gasteiger partial charge on any atom is -0.320 e. The first kappa shape index (κ1) is 11.6. The lowest BCUT2D eigenvalue weighted by Crippen LogP contribution is -2.20. The zero-order valence-corrected chi connectivity index (χ0v) is 11.5. The van der Waals surface area contributed by atoms with E-state index in [1.54, 1.807) is 0 Å². The molecule has 2 aromatic rings. The molecule has 1 aromatic carbocycles. The number of aryl methyl sites for hydroxylation is 1. The van der Waals surface area contributed by atoms with Crippen LogP contribution in [0.4, 0.5) is 0 Å². The van der Waals surface area contributed by atoms with Crippen molar-refractivity contribution in [1.82, 2.24) is 4.57 Å². The molecule has 0 aliphatic carbocycles. The van der Waals surface area contributed by atoms with Crippen LogP contribution in [0.1, 0.15) is 44.4 Å². The van der Waals surface area contributed by atoms with Crippen molar-refractivity contribution in [2.24, 2.45) is 5.41 Å². The van der Waals surface area contributed by atoms with Crippen LogP contribution in [0.5, 0.6) is 0 Å². The van der Waals surface area contributed by atoms with Crippen molar-refractivity contribution in [3.8, 4) is 5.69 Å². The summed E-state index contributed by atoms with van der Waals surface area (Å²) in [6.45, 7) is 7.06. The molecule has 0 N–H and O–H groups in total. The lowest BCUT2D eigenvalue weighted by Gasteiger charge is -2.30. The summed E-state index contributed by atoms with van der Waals surface area (Å²) in [6, 6.07) is 13.3. The molecular weight excluding hydrogens is 218 g/mol. The van der Waals surface area contributed by atoms with Gasteiger partial charge in [0.15, 0.2) is 0 Å². The van der Waals surface area contributed by atoms with Crippen LogP contribution in [0.25, 0.3) is 5.69 Å². The topological polar surface area (TPSA) is 4.93 Å². The van der Waals surface area contributed by atoms with E-state index in [2.05, 4.69) is 67.9 Å². The smallest absolute Gasteiger partial charge is 0.0484 e. The molecule has 1 nitrogen and oxygen atoms in total. The van der Waals surface area contributed by atoms with Gasteiger partial charge in [0, 0.05) is 23.5 Å². The van der Waals surface area contributed by atoms with E-state index in [-0.39, 0.29) is 0 Å². The summed E-state index contributed by atoms with van der Waals surface area (Å²) in [7, 11) is 0. The lowest BCUT2D eigenvalue weighted by atomic mass is 9.76. The van der Waals surface area contributed by atoms with Crippen LogP contribution in [0.15, 0.2) is 42.6 Å². The van der Waals surface area contributed by atoms with Gasteiger partial charge in [0.05, 0.1) is 0 Å². The summed E-state index contributed by atoms with van der Waals surface area (Å²) >= 11 is 0. The van der Waals surface area contributed by atoms with E-state index < -0.39 is 0 Å². The van der Waals surface area contributed by atoms with Gasteiger partial charge >= 0.3 is 0 Å². The van der Waals surface area contributed by atoms with Crippen LogP contribution in [0.3, 0.4) is 0 Å². The van der Waals surface area contributed by atoms with Gasteiger partial charge < -0.3 is 4.57 Å². The molecule has 1 aliphatic rings. The zero-order chi connectivity index (χ0) is 12.8. The molecule has 0 bridgehead atoms. The van der Waals surface area contributed by atoms with Gasteiger partial charge in [-0.05, 0) is 42.0 Å². The fourth-order valence-electron chi connectivity index (χ4n) is 3.18. The third-order valence-electron chi connectivity index (χ3n) is 4.14. The second kappa shape index (κ2) is 4.01.